The maximum absolute atomic E-state index is 11.8. The SMILES string of the molecule is Cc1ccsc1CNC(=O)NCC(CC(=O)O)CC(C)C. The zero-order chi connectivity index (χ0) is 15.8. The van der Waals surface area contributed by atoms with Crippen molar-refractivity contribution in [2.45, 2.75) is 40.2 Å². The fourth-order valence-corrected chi connectivity index (χ4v) is 3.04. The van der Waals surface area contributed by atoms with Gasteiger partial charge in [0, 0.05) is 17.8 Å². The van der Waals surface area contributed by atoms with Crippen LogP contribution in [0.15, 0.2) is 11.4 Å². The predicted molar refractivity (Wildman–Crippen MR) is 84.5 cm³/mol. The second kappa shape index (κ2) is 8.67. The highest BCUT2D eigenvalue weighted by Crippen LogP contribution is 2.15. The Morgan fingerprint density at radius 3 is 2.57 bits per heavy atom. The quantitative estimate of drug-likeness (QED) is 0.690. The molecule has 0 aliphatic rings. The molecule has 0 spiro atoms. The Bertz CT molecular complexity index is 471. The summed E-state index contributed by atoms with van der Waals surface area (Å²) in [7, 11) is 0. The largest absolute Gasteiger partial charge is 0.481 e. The molecule has 3 N–H and O–H groups in total. The van der Waals surface area contributed by atoms with Crippen LogP contribution in [0.25, 0.3) is 0 Å². The van der Waals surface area contributed by atoms with E-state index in [0.717, 1.165) is 11.3 Å². The minimum Gasteiger partial charge on any atom is -0.481 e. The van der Waals surface area contributed by atoms with Gasteiger partial charge >= 0.3 is 12.0 Å². The number of hydrogen-bond donors (Lipinski definition) is 3. The molecule has 0 aromatic carbocycles. The van der Waals surface area contributed by atoms with Crippen LogP contribution >= 0.6 is 11.3 Å². The molecule has 1 heterocycles. The summed E-state index contributed by atoms with van der Waals surface area (Å²) in [5.41, 5.74) is 1.17. The number of aryl methyl sites for hydroxylation is 1. The van der Waals surface area contributed by atoms with E-state index < -0.39 is 5.97 Å². The third-order valence-corrected chi connectivity index (χ3v) is 4.22. The molecule has 0 aliphatic heterocycles. The fraction of sp³-hybridized carbons (Fsp3) is 0.600. The second-order valence-electron chi connectivity index (χ2n) is 5.68. The molecule has 0 saturated carbocycles. The lowest BCUT2D eigenvalue weighted by atomic mass is 9.94. The number of carbonyl (C=O) groups is 2. The van der Waals surface area contributed by atoms with E-state index in [2.05, 4.69) is 24.5 Å². The Labute approximate surface area is 129 Å². The Morgan fingerprint density at radius 1 is 1.33 bits per heavy atom. The molecular weight excluding hydrogens is 288 g/mol. The molecule has 1 aromatic heterocycles. The van der Waals surface area contributed by atoms with E-state index in [1.54, 1.807) is 11.3 Å². The average Bonchev–Trinajstić information content (AvgIpc) is 2.77. The molecule has 0 radical (unpaired) electrons. The van der Waals surface area contributed by atoms with Crippen LogP contribution < -0.4 is 10.6 Å². The minimum absolute atomic E-state index is 0.0308. The van der Waals surface area contributed by atoms with Gasteiger partial charge < -0.3 is 15.7 Å². The number of urea groups is 1. The van der Waals surface area contributed by atoms with Gasteiger partial charge in [-0.3, -0.25) is 4.79 Å². The number of carboxylic acids is 1. The van der Waals surface area contributed by atoms with E-state index in [1.165, 1.54) is 5.56 Å². The van der Waals surface area contributed by atoms with E-state index in [0.29, 0.717) is 19.0 Å². The smallest absolute Gasteiger partial charge is 0.315 e. The Balaban J connectivity index is 2.35. The molecule has 0 saturated heterocycles. The molecular formula is C15H24N2O3S. The van der Waals surface area contributed by atoms with Gasteiger partial charge in [-0.15, -0.1) is 11.3 Å². The molecule has 1 unspecified atom stereocenters. The van der Waals surface area contributed by atoms with Crippen LogP contribution in [0.3, 0.4) is 0 Å². The van der Waals surface area contributed by atoms with Gasteiger partial charge in [-0.25, -0.2) is 4.79 Å². The maximum atomic E-state index is 11.8. The third-order valence-electron chi connectivity index (χ3n) is 3.20. The predicted octanol–water partition coefficient (Wildman–Crippen LogP) is 2.99. The highest BCUT2D eigenvalue weighted by Gasteiger charge is 2.16. The van der Waals surface area contributed by atoms with Crippen LogP contribution in [0.2, 0.25) is 0 Å². The summed E-state index contributed by atoms with van der Waals surface area (Å²) in [5, 5.41) is 16.5. The molecule has 5 nitrogen and oxygen atoms in total. The Kier molecular flexibility index (Phi) is 7.22. The topological polar surface area (TPSA) is 78.4 Å². The van der Waals surface area contributed by atoms with Gasteiger partial charge in [0.2, 0.25) is 0 Å². The van der Waals surface area contributed by atoms with Gasteiger partial charge in [-0.05, 0) is 42.2 Å². The van der Waals surface area contributed by atoms with E-state index in [-0.39, 0.29) is 18.4 Å². The number of amides is 2. The number of thiophene rings is 1. The fourth-order valence-electron chi connectivity index (χ4n) is 2.20. The van der Waals surface area contributed by atoms with Gasteiger partial charge in [-0.1, -0.05) is 13.8 Å². The van der Waals surface area contributed by atoms with E-state index in [4.69, 9.17) is 5.11 Å². The lowest BCUT2D eigenvalue weighted by Gasteiger charge is -2.18. The summed E-state index contributed by atoms with van der Waals surface area (Å²) in [6.07, 6.45) is 0.874. The highest BCUT2D eigenvalue weighted by molar-refractivity contribution is 7.10. The van der Waals surface area contributed by atoms with Crippen LogP contribution in [0.1, 0.15) is 37.1 Å². The van der Waals surface area contributed by atoms with Crippen LogP contribution in [-0.2, 0) is 11.3 Å². The minimum atomic E-state index is -0.822. The molecule has 0 bridgehead atoms. The first-order chi connectivity index (χ1) is 9.88. The van der Waals surface area contributed by atoms with Crippen molar-refractivity contribution in [1.82, 2.24) is 10.6 Å². The van der Waals surface area contributed by atoms with Gasteiger partial charge in [0.05, 0.1) is 6.54 Å². The van der Waals surface area contributed by atoms with E-state index in [9.17, 15) is 9.59 Å². The van der Waals surface area contributed by atoms with Crippen molar-refractivity contribution in [3.8, 4) is 0 Å². The van der Waals surface area contributed by atoms with E-state index >= 15 is 0 Å². The van der Waals surface area contributed by atoms with Gasteiger partial charge in [0.15, 0.2) is 0 Å². The summed E-state index contributed by atoms with van der Waals surface area (Å²) in [4.78, 5) is 23.7. The summed E-state index contributed by atoms with van der Waals surface area (Å²) in [5.74, 6) is -0.443. The van der Waals surface area contributed by atoms with Gasteiger partial charge in [0.1, 0.15) is 0 Å². The number of carbonyl (C=O) groups excluding carboxylic acids is 1. The molecule has 0 fully saturated rings. The highest BCUT2D eigenvalue weighted by atomic mass is 32.1. The van der Waals surface area contributed by atoms with Crippen molar-refractivity contribution in [2.75, 3.05) is 6.54 Å². The monoisotopic (exact) mass is 312 g/mol. The average molecular weight is 312 g/mol. The van der Waals surface area contributed by atoms with Crippen molar-refractivity contribution in [3.63, 3.8) is 0 Å². The molecule has 1 rings (SSSR count). The molecule has 21 heavy (non-hydrogen) atoms. The summed E-state index contributed by atoms with van der Waals surface area (Å²) < 4.78 is 0. The van der Waals surface area contributed by atoms with Gasteiger partial charge in [-0.2, -0.15) is 0 Å². The first-order valence-electron chi connectivity index (χ1n) is 7.15. The van der Waals surface area contributed by atoms with Crippen LogP contribution in [0.5, 0.6) is 0 Å². The Morgan fingerprint density at radius 2 is 2.05 bits per heavy atom. The molecule has 1 aromatic rings. The molecule has 118 valence electrons. The first-order valence-corrected chi connectivity index (χ1v) is 8.03. The zero-order valence-electron chi connectivity index (χ0n) is 12.8. The number of nitrogens with one attached hydrogen (secondary N) is 2. The van der Waals surface area contributed by atoms with Crippen molar-refractivity contribution < 1.29 is 14.7 Å². The number of rotatable bonds is 8. The molecule has 6 heteroatoms. The van der Waals surface area contributed by atoms with E-state index in [1.807, 2.05) is 18.4 Å². The summed E-state index contributed by atoms with van der Waals surface area (Å²) in [6.45, 7) is 7.00. The zero-order valence-corrected chi connectivity index (χ0v) is 13.6. The number of aliphatic carboxylic acids is 1. The standard InChI is InChI=1S/C15H24N2O3S/c1-10(2)6-12(7-14(18)19)8-16-15(20)17-9-13-11(3)4-5-21-13/h4-5,10,12H,6-9H2,1-3H3,(H,18,19)(H2,16,17,20). The van der Waals surface area contributed by atoms with Gasteiger partial charge in [0.25, 0.3) is 0 Å². The first kappa shape index (κ1) is 17.5. The van der Waals surface area contributed by atoms with Crippen LogP contribution in [0, 0.1) is 18.8 Å². The molecule has 0 aliphatic carbocycles. The number of hydrogen-bond acceptors (Lipinski definition) is 3. The van der Waals surface area contributed by atoms with Crippen LogP contribution in [-0.4, -0.2) is 23.7 Å². The lowest BCUT2D eigenvalue weighted by molar-refractivity contribution is -0.138. The van der Waals surface area contributed by atoms with Crippen molar-refractivity contribution in [3.05, 3.63) is 21.9 Å². The summed E-state index contributed by atoms with van der Waals surface area (Å²) in [6, 6.07) is 1.77. The lowest BCUT2D eigenvalue weighted by Crippen LogP contribution is -2.38. The maximum Gasteiger partial charge on any atom is 0.315 e. The number of carboxylic acid groups (broad SMARTS) is 1. The van der Waals surface area contributed by atoms with Crippen molar-refractivity contribution >= 4 is 23.3 Å². The summed E-state index contributed by atoms with van der Waals surface area (Å²) >= 11 is 1.61. The normalized spacial score (nSPS) is 12.2. The van der Waals surface area contributed by atoms with Crippen molar-refractivity contribution in [2.24, 2.45) is 11.8 Å². The Hall–Kier alpha value is -1.56. The third kappa shape index (κ3) is 7.13. The molecule has 1 atom stereocenters. The van der Waals surface area contributed by atoms with Crippen LogP contribution in [0.4, 0.5) is 4.79 Å². The molecule has 2 amide bonds. The second-order valence-corrected chi connectivity index (χ2v) is 6.68. The van der Waals surface area contributed by atoms with Crippen molar-refractivity contribution in [1.29, 1.82) is 0 Å².